The number of hydrogen-bond acceptors (Lipinski definition) is 5. The SMILES string of the molecule is CC1=C(C)C(O)N(c2nn[nH]n2)C1=O. The Kier molecular flexibility index (Phi) is 1.81. The van der Waals surface area contributed by atoms with Crippen LogP contribution in [0.1, 0.15) is 13.8 Å². The molecule has 1 unspecified atom stereocenters. The van der Waals surface area contributed by atoms with E-state index in [1.807, 2.05) is 0 Å². The van der Waals surface area contributed by atoms with Crippen molar-refractivity contribution >= 4 is 11.9 Å². The molecule has 14 heavy (non-hydrogen) atoms. The van der Waals surface area contributed by atoms with E-state index in [0.717, 1.165) is 4.90 Å². The first kappa shape index (κ1) is 8.82. The molecule has 2 N–H and O–H groups in total. The van der Waals surface area contributed by atoms with E-state index in [2.05, 4.69) is 20.6 Å². The molecule has 2 heterocycles. The fourth-order valence-corrected chi connectivity index (χ4v) is 1.31. The van der Waals surface area contributed by atoms with Gasteiger partial charge in [-0.15, -0.1) is 5.10 Å². The molecule has 0 radical (unpaired) electrons. The Bertz CT molecular complexity index is 396. The Morgan fingerprint density at radius 3 is 2.64 bits per heavy atom. The van der Waals surface area contributed by atoms with Crippen molar-refractivity contribution in [2.45, 2.75) is 20.1 Å². The van der Waals surface area contributed by atoms with Gasteiger partial charge < -0.3 is 5.11 Å². The lowest BCUT2D eigenvalue weighted by Crippen LogP contribution is -2.36. The van der Waals surface area contributed by atoms with E-state index in [4.69, 9.17) is 0 Å². The van der Waals surface area contributed by atoms with Gasteiger partial charge in [0.2, 0.25) is 0 Å². The highest BCUT2D eigenvalue weighted by Gasteiger charge is 2.36. The van der Waals surface area contributed by atoms with Gasteiger partial charge in [-0.3, -0.25) is 4.79 Å². The highest BCUT2D eigenvalue weighted by molar-refractivity contribution is 6.08. The number of anilines is 1. The number of carbonyl (C=O) groups is 1. The number of aromatic nitrogens is 4. The maximum Gasteiger partial charge on any atom is 0.275 e. The van der Waals surface area contributed by atoms with Crippen molar-refractivity contribution in [3.63, 3.8) is 0 Å². The summed E-state index contributed by atoms with van der Waals surface area (Å²) < 4.78 is 0. The first-order valence-corrected chi connectivity index (χ1v) is 4.05. The van der Waals surface area contributed by atoms with Gasteiger partial charge in [0, 0.05) is 5.57 Å². The van der Waals surface area contributed by atoms with Gasteiger partial charge in [-0.2, -0.15) is 5.21 Å². The Morgan fingerprint density at radius 1 is 1.50 bits per heavy atom. The lowest BCUT2D eigenvalue weighted by atomic mass is 10.2. The second-order valence-electron chi connectivity index (χ2n) is 3.07. The van der Waals surface area contributed by atoms with Crippen molar-refractivity contribution in [1.29, 1.82) is 0 Å². The molecular weight excluding hydrogens is 186 g/mol. The second kappa shape index (κ2) is 2.88. The Labute approximate surface area is 79.4 Å². The molecule has 74 valence electrons. The highest BCUT2D eigenvalue weighted by atomic mass is 16.3. The number of aliphatic hydroxyl groups is 1. The molecule has 0 aromatic carbocycles. The second-order valence-corrected chi connectivity index (χ2v) is 3.07. The number of H-pyrrole nitrogens is 1. The largest absolute Gasteiger partial charge is 0.369 e. The van der Waals surface area contributed by atoms with Crippen molar-refractivity contribution in [3.8, 4) is 0 Å². The number of nitrogens with one attached hydrogen (secondary N) is 1. The summed E-state index contributed by atoms with van der Waals surface area (Å²) in [5.74, 6) is -0.213. The molecule has 7 heteroatoms. The van der Waals surface area contributed by atoms with Crippen LogP contribution < -0.4 is 4.90 Å². The van der Waals surface area contributed by atoms with Crippen LogP contribution in [0.4, 0.5) is 5.95 Å². The third-order valence-corrected chi connectivity index (χ3v) is 2.31. The van der Waals surface area contributed by atoms with Crippen molar-refractivity contribution in [1.82, 2.24) is 20.6 Å². The maximum absolute atomic E-state index is 11.6. The van der Waals surface area contributed by atoms with Gasteiger partial charge in [0.05, 0.1) is 0 Å². The van der Waals surface area contributed by atoms with Gasteiger partial charge in [0.15, 0.2) is 6.23 Å². The van der Waals surface area contributed by atoms with Crippen LogP contribution >= 0.6 is 0 Å². The van der Waals surface area contributed by atoms with Gasteiger partial charge in [0.25, 0.3) is 11.9 Å². The highest BCUT2D eigenvalue weighted by Crippen LogP contribution is 2.26. The average Bonchev–Trinajstić information content (AvgIpc) is 2.73. The van der Waals surface area contributed by atoms with Crippen molar-refractivity contribution in [3.05, 3.63) is 11.1 Å². The first-order chi connectivity index (χ1) is 6.63. The number of amides is 1. The summed E-state index contributed by atoms with van der Waals surface area (Å²) in [4.78, 5) is 12.7. The summed E-state index contributed by atoms with van der Waals surface area (Å²) in [5.41, 5.74) is 1.13. The van der Waals surface area contributed by atoms with Gasteiger partial charge in [0.1, 0.15) is 0 Å². The number of tetrazole rings is 1. The van der Waals surface area contributed by atoms with Gasteiger partial charge in [-0.1, -0.05) is 5.10 Å². The van der Waals surface area contributed by atoms with Gasteiger partial charge in [-0.05, 0) is 24.6 Å². The summed E-state index contributed by atoms with van der Waals surface area (Å²) in [6, 6.07) is 0. The quantitative estimate of drug-likeness (QED) is 0.611. The molecular formula is C7H9N5O2. The Morgan fingerprint density at radius 2 is 2.21 bits per heavy atom. The zero-order chi connectivity index (χ0) is 10.3. The summed E-state index contributed by atoms with van der Waals surface area (Å²) in [6.07, 6.45) is -0.986. The van der Waals surface area contributed by atoms with Crippen LogP contribution in [0.3, 0.4) is 0 Å². The van der Waals surface area contributed by atoms with E-state index in [1.165, 1.54) is 0 Å². The minimum atomic E-state index is -0.986. The third-order valence-electron chi connectivity index (χ3n) is 2.31. The molecule has 7 nitrogen and oxygen atoms in total. The summed E-state index contributed by atoms with van der Waals surface area (Å²) in [7, 11) is 0. The van der Waals surface area contributed by atoms with Gasteiger partial charge >= 0.3 is 0 Å². The number of carbonyl (C=O) groups excluding carboxylic acids is 1. The van der Waals surface area contributed by atoms with E-state index < -0.39 is 6.23 Å². The summed E-state index contributed by atoms with van der Waals surface area (Å²) >= 11 is 0. The predicted octanol–water partition coefficient (Wildman–Crippen LogP) is -0.799. The summed E-state index contributed by atoms with van der Waals surface area (Å²) in [5, 5.41) is 22.5. The number of aromatic amines is 1. The average molecular weight is 195 g/mol. The molecule has 1 amide bonds. The zero-order valence-electron chi connectivity index (χ0n) is 7.72. The van der Waals surface area contributed by atoms with Crippen LogP contribution in [0.2, 0.25) is 0 Å². The van der Waals surface area contributed by atoms with Gasteiger partial charge in [-0.25, -0.2) is 4.90 Å². The van der Waals surface area contributed by atoms with Crippen molar-refractivity contribution < 1.29 is 9.90 Å². The minimum absolute atomic E-state index is 0.0821. The molecule has 0 spiro atoms. The number of hydrogen-bond donors (Lipinski definition) is 2. The molecule has 1 aromatic heterocycles. The zero-order valence-corrected chi connectivity index (χ0v) is 7.72. The van der Waals surface area contributed by atoms with E-state index >= 15 is 0 Å². The minimum Gasteiger partial charge on any atom is -0.369 e. The molecule has 0 saturated heterocycles. The van der Waals surface area contributed by atoms with E-state index in [-0.39, 0.29) is 11.9 Å². The van der Waals surface area contributed by atoms with Crippen molar-refractivity contribution in [2.75, 3.05) is 4.90 Å². The van der Waals surface area contributed by atoms with Crippen LogP contribution in [0.5, 0.6) is 0 Å². The van der Waals surface area contributed by atoms with Crippen LogP contribution in [0, 0.1) is 0 Å². The maximum atomic E-state index is 11.6. The lowest BCUT2D eigenvalue weighted by molar-refractivity contribution is -0.115. The molecule has 1 atom stereocenters. The number of aliphatic hydroxyl groups excluding tert-OH is 1. The fraction of sp³-hybridized carbons (Fsp3) is 0.429. The molecule has 1 aromatic rings. The van der Waals surface area contributed by atoms with E-state index in [1.54, 1.807) is 13.8 Å². The van der Waals surface area contributed by atoms with Crippen molar-refractivity contribution in [2.24, 2.45) is 0 Å². The predicted molar refractivity (Wildman–Crippen MR) is 46.0 cm³/mol. The molecule has 1 aliphatic rings. The smallest absolute Gasteiger partial charge is 0.275 e. The number of rotatable bonds is 1. The molecule has 0 aliphatic carbocycles. The van der Waals surface area contributed by atoms with Crippen LogP contribution in [0.15, 0.2) is 11.1 Å². The lowest BCUT2D eigenvalue weighted by Gasteiger charge is -2.16. The van der Waals surface area contributed by atoms with Crippen LogP contribution in [-0.2, 0) is 4.79 Å². The Hall–Kier alpha value is -1.76. The third kappa shape index (κ3) is 1.02. The summed E-state index contributed by atoms with van der Waals surface area (Å²) in [6.45, 7) is 3.35. The van der Waals surface area contributed by atoms with E-state index in [0.29, 0.717) is 11.1 Å². The van der Waals surface area contributed by atoms with Crippen LogP contribution in [-0.4, -0.2) is 37.9 Å². The monoisotopic (exact) mass is 195 g/mol. The first-order valence-electron chi connectivity index (χ1n) is 4.05. The topological polar surface area (TPSA) is 95.0 Å². The molecule has 1 aliphatic heterocycles. The number of nitrogens with zero attached hydrogens (tertiary/aromatic N) is 4. The molecule has 0 bridgehead atoms. The normalized spacial score (nSPS) is 22.4. The molecule has 2 rings (SSSR count). The van der Waals surface area contributed by atoms with E-state index in [9.17, 15) is 9.90 Å². The Balaban J connectivity index is 2.39. The standard InChI is InChI=1S/C7H9N5O2/c1-3-4(2)6(14)12(5(3)13)7-8-10-11-9-7/h5,13H,1-2H3,(H,8,9,10,11). The van der Waals surface area contributed by atoms with Crippen LogP contribution in [0.25, 0.3) is 0 Å². The molecule has 0 fully saturated rings. The fourth-order valence-electron chi connectivity index (χ4n) is 1.31. The molecule has 0 saturated carbocycles.